The predicted molar refractivity (Wildman–Crippen MR) is 114 cm³/mol. The predicted octanol–water partition coefficient (Wildman–Crippen LogP) is 4.14. The van der Waals surface area contributed by atoms with Crippen molar-refractivity contribution in [2.24, 2.45) is 0 Å². The van der Waals surface area contributed by atoms with Gasteiger partial charge in [0.1, 0.15) is 5.76 Å². The van der Waals surface area contributed by atoms with Crippen LogP contribution in [0.1, 0.15) is 60.5 Å². The van der Waals surface area contributed by atoms with Crippen molar-refractivity contribution >= 4 is 29.0 Å². The zero-order valence-electron chi connectivity index (χ0n) is 16.8. The maximum Gasteiger partial charge on any atom is 0.280 e. The Balaban J connectivity index is 1.75. The normalized spacial score (nSPS) is 15.1. The molecule has 1 aromatic carbocycles. The van der Waals surface area contributed by atoms with Gasteiger partial charge in [0.2, 0.25) is 0 Å². The molecule has 2 amide bonds. The molecule has 0 spiro atoms. The first-order chi connectivity index (χ1) is 14.7. The fourth-order valence-corrected chi connectivity index (χ4v) is 4.26. The van der Waals surface area contributed by atoms with Gasteiger partial charge in [-0.2, -0.15) is 0 Å². The smallest absolute Gasteiger partial charge is 0.280 e. The lowest BCUT2D eigenvalue weighted by Crippen LogP contribution is -2.46. The minimum Gasteiger partial charge on any atom is -0.467 e. The Bertz CT molecular complexity index is 965. The number of benzene rings is 1. The number of carbonyl (C=O) groups is 2. The van der Waals surface area contributed by atoms with Crippen LogP contribution in [0.15, 0.2) is 52.5 Å². The first-order valence-corrected chi connectivity index (χ1v) is 11.0. The van der Waals surface area contributed by atoms with Crippen molar-refractivity contribution in [2.75, 3.05) is 4.90 Å². The van der Waals surface area contributed by atoms with Crippen LogP contribution in [0.5, 0.6) is 0 Å². The Hall–Kier alpha value is -3.00. The fraction of sp³-hybridized carbons (Fsp3) is 0.364. The third-order valence-electron chi connectivity index (χ3n) is 5.44. The molecular formula is C22H24N4O3S. The number of amides is 2. The van der Waals surface area contributed by atoms with Gasteiger partial charge in [0, 0.05) is 17.1 Å². The molecule has 0 aliphatic heterocycles. The summed E-state index contributed by atoms with van der Waals surface area (Å²) >= 11 is 1.10. The number of nitrogens with zero attached hydrogens (tertiary/aromatic N) is 3. The molecule has 30 heavy (non-hydrogen) atoms. The summed E-state index contributed by atoms with van der Waals surface area (Å²) in [6.07, 6.45) is 6.49. The average molecular weight is 425 g/mol. The van der Waals surface area contributed by atoms with Crippen LogP contribution in [0, 0.1) is 0 Å². The Kier molecular flexibility index (Phi) is 6.23. The van der Waals surface area contributed by atoms with Crippen LogP contribution in [0.3, 0.4) is 0 Å². The molecule has 1 fully saturated rings. The van der Waals surface area contributed by atoms with Crippen molar-refractivity contribution < 1.29 is 14.0 Å². The van der Waals surface area contributed by atoms with E-state index in [4.69, 9.17) is 4.42 Å². The number of carbonyl (C=O) groups excluding carboxylic acids is 2. The van der Waals surface area contributed by atoms with E-state index in [1.165, 1.54) is 11.2 Å². The Morgan fingerprint density at radius 3 is 2.60 bits per heavy atom. The van der Waals surface area contributed by atoms with Gasteiger partial charge >= 0.3 is 0 Å². The number of aromatic nitrogens is 2. The van der Waals surface area contributed by atoms with Crippen LogP contribution in [0.25, 0.3) is 0 Å². The molecule has 8 heteroatoms. The number of aryl methyl sites for hydroxylation is 1. The van der Waals surface area contributed by atoms with Crippen LogP contribution in [0.4, 0.5) is 5.69 Å². The summed E-state index contributed by atoms with van der Waals surface area (Å²) in [5, 5.41) is 8.64. The summed E-state index contributed by atoms with van der Waals surface area (Å²) < 4.78 is 9.42. The summed E-state index contributed by atoms with van der Waals surface area (Å²) in [7, 11) is 0. The maximum absolute atomic E-state index is 13.4. The van der Waals surface area contributed by atoms with Crippen LogP contribution >= 0.6 is 11.5 Å². The molecule has 4 rings (SSSR count). The van der Waals surface area contributed by atoms with Gasteiger partial charge < -0.3 is 9.73 Å². The first-order valence-electron chi connectivity index (χ1n) is 10.2. The lowest BCUT2D eigenvalue weighted by Gasteiger charge is -2.30. The van der Waals surface area contributed by atoms with Crippen LogP contribution in [-0.2, 0) is 11.2 Å². The average Bonchev–Trinajstić information content (AvgIpc) is 3.55. The van der Waals surface area contributed by atoms with Gasteiger partial charge in [-0.05, 0) is 60.6 Å². The molecule has 1 aliphatic rings. The second-order valence-electron chi connectivity index (χ2n) is 7.39. The van der Waals surface area contributed by atoms with Crippen LogP contribution in [0.2, 0.25) is 0 Å². The van der Waals surface area contributed by atoms with E-state index in [0.29, 0.717) is 11.4 Å². The van der Waals surface area contributed by atoms with E-state index in [1.54, 1.807) is 17.5 Å². The lowest BCUT2D eigenvalue weighted by molar-refractivity contribution is -0.123. The molecule has 0 radical (unpaired) electrons. The molecule has 1 saturated carbocycles. The summed E-state index contributed by atoms with van der Waals surface area (Å²) in [5.41, 5.74) is 1.95. The van der Waals surface area contributed by atoms with E-state index < -0.39 is 11.9 Å². The van der Waals surface area contributed by atoms with E-state index in [9.17, 15) is 9.59 Å². The Morgan fingerprint density at radius 2 is 2.00 bits per heavy atom. The van der Waals surface area contributed by atoms with Crippen molar-refractivity contribution in [2.45, 2.75) is 51.1 Å². The number of furan rings is 1. The second-order valence-corrected chi connectivity index (χ2v) is 8.00. The van der Waals surface area contributed by atoms with Crippen molar-refractivity contribution in [1.82, 2.24) is 14.9 Å². The van der Waals surface area contributed by atoms with Gasteiger partial charge in [-0.1, -0.05) is 36.4 Å². The van der Waals surface area contributed by atoms with Crippen molar-refractivity contribution in [3.05, 3.63) is 65.1 Å². The quantitative estimate of drug-likeness (QED) is 0.616. The third-order valence-corrected chi connectivity index (χ3v) is 5.95. The Morgan fingerprint density at radius 1 is 1.23 bits per heavy atom. The van der Waals surface area contributed by atoms with E-state index in [2.05, 4.69) is 21.8 Å². The van der Waals surface area contributed by atoms with Gasteiger partial charge in [-0.3, -0.25) is 14.5 Å². The van der Waals surface area contributed by atoms with Gasteiger partial charge in [0.15, 0.2) is 11.7 Å². The molecular weight excluding hydrogens is 400 g/mol. The second kappa shape index (κ2) is 9.21. The minimum absolute atomic E-state index is 0.121. The third kappa shape index (κ3) is 4.28. The zero-order chi connectivity index (χ0) is 20.9. The largest absolute Gasteiger partial charge is 0.467 e. The molecule has 0 bridgehead atoms. The number of anilines is 1. The number of hydrogen-bond acceptors (Lipinski definition) is 6. The molecule has 7 nitrogen and oxygen atoms in total. The van der Waals surface area contributed by atoms with E-state index in [0.717, 1.165) is 49.2 Å². The highest BCUT2D eigenvalue weighted by atomic mass is 32.1. The fourth-order valence-electron chi connectivity index (χ4n) is 3.83. The monoisotopic (exact) mass is 424 g/mol. The van der Waals surface area contributed by atoms with Crippen molar-refractivity contribution in [3.63, 3.8) is 0 Å². The van der Waals surface area contributed by atoms with E-state index in [1.807, 2.05) is 24.3 Å². The maximum atomic E-state index is 13.4. The summed E-state index contributed by atoms with van der Waals surface area (Å²) in [4.78, 5) is 28.3. The molecule has 3 aromatic rings. The molecule has 2 aromatic heterocycles. The van der Waals surface area contributed by atoms with Crippen molar-refractivity contribution in [1.29, 1.82) is 0 Å². The van der Waals surface area contributed by atoms with E-state index in [-0.39, 0.29) is 17.6 Å². The van der Waals surface area contributed by atoms with Crippen LogP contribution in [-0.4, -0.2) is 27.4 Å². The summed E-state index contributed by atoms with van der Waals surface area (Å²) in [5.74, 6) is -0.245. The highest BCUT2D eigenvalue weighted by molar-refractivity contribution is 7.03. The summed E-state index contributed by atoms with van der Waals surface area (Å²) in [6, 6.07) is 10.3. The highest BCUT2D eigenvalue weighted by Gasteiger charge is 2.37. The molecule has 156 valence electrons. The Labute approximate surface area is 179 Å². The van der Waals surface area contributed by atoms with Crippen LogP contribution < -0.4 is 10.2 Å². The standard InChI is InChI=1S/C22H24N4O3S/c1-2-15-9-11-17(12-10-15)26(22(28)18-14-30-25-24-18)20(19-8-5-13-29-19)21(27)23-16-6-3-4-7-16/h5,8-14,16,20H,2-4,6-7H2,1H3,(H,23,27). The van der Waals surface area contributed by atoms with Gasteiger partial charge in [0.05, 0.1) is 6.26 Å². The SMILES string of the molecule is CCc1ccc(N(C(=O)c2csnn2)C(C(=O)NC2CCCC2)c2ccco2)cc1. The number of rotatable bonds is 7. The first kappa shape index (κ1) is 20.3. The van der Waals surface area contributed by atoms with Gasteiger partial charge in [-0.25, -0.2) is 0 Å². The topological polar surface area (TPSA) is 88.3 Å². The molecule has 0 saturated heterocycles. The van der Waals surface area contributed by atoms with Crippen molar-refractivity contribution in [3.8, 4) is 0 Å². The number of hydrogen-bond donors (Lipinski definition) is 1. The molecule has 1 aliphatic carbocycles. The van der Waals surface area contributed by atoms with Gasteiger partial charge in [0.25, 0.3) is 11.8 Å². The molecule has 2 heterocycles. The minimum atomic E-state index is -0.942. The summed E-state index contributed by atoms with van der Waals surface area (Å²) in [6.45, 7) is 2.07. The highest BCUT2D eigenvalue weighted by Crippen LogP contribution is 2.31. The lowest BCUT2D eigenvalue weighted by atomic mass is 10.1. The molecule has 1 atom stereocenters. The van der Waals surface area contributed by atoms with E-state index >= 15 is 0 Å². The molecule has 1 unspecified atom stereocenters. The zero-order valence-corrected chi connectivity index (χ0v) is 17.6. The number of nitrogens with one attached hydrogen (secondary N) is 1. The molecule has 1 N–H and O–H groups in total. The van der Waals surface area contributed by atoms with Gasteiger partial charge in [-0.15, -0.1) is 5.10 Å².